The summed E-state index contributed by atoms with van der Waals surface area (Å²) >= 11 is 12.0. The van der Waals surface area contributed by atoms with Crippen LogP contribution in [0.15, 0.2) is 18.2 Å². The number of nitrogens with one attached hydrogen (secondary N) is 1. The zero-order chi connectivity index (χ0) is 13.4. The molecule has 1 N–H and O–H groups in total. The lowest BCUT2D eigenvalue weighted by molar-refractivity contribution is 0.103. The number of ketones is 1. The molecule has 0 saturated carbocycles. The standard InChI is InChI=1S/C14H13Cl2NO/c1-7-8(2)13(17-9(7)3)14(18)10-5-4-6-11(15)12(10)16/h4-6,17H,1-3H3. The number of carbonyl (C=O) groups excluding carboxylic acids is 1. The maximum absolute atomic E-state index is 12.4. The van der Waals surface area contributed by atoms with Crippen LogP contribution in [-0.4, -0.2) is 10.8 Å². The van der Waals surface area contributed by atoms with Gasteiger partial charge in [-0.05, 0) is 44.0 Å². The highest BCUT2D eigenvalue weighted by Crippen LogP contribution is 2.28. The van der Waals surface area contributed by atoms with Crippen LogP contribution in [0.5, 0.6) is 0 Å². The summed E-state index contributed by atoms with van der Waals surface area (Å²) in [4.78, 5) is 15.5. The zero-order valence-corrected chi connectivity index (χ0v) is 11.9. The van der Waals surface area contributed by atoms with Gasteiger partial charge in [0.2, 0.25) is 5.78 Å². The Kier molecular flexibility index (Phi) is 3.51. The minimum absolute atomic E-state index is 0.129. The van der Waals surface area contributed by atoms with E-state index in [2.05, 4.69) is 4.98 Å². The van der Waals surface area contributed by atoms with Crippen molar-refractivity contribution in [3.05, 3.63) is 56.3 Å². The molecule has 1 aromatic heterocycles. The molecule has 2 nitrogen and oxygen atoms in total. The van der Waals surface area contributed by atoms with E-state index in [0.29, 0.717) is 21.3 Å². The Hall–Kier alpha value is -1.25. The number of halogens is 2. The molecule has 0 aliphatic heterocycles. The molecule has 0 aliphatic rings. The molecule has 1 aromatic carbocycles. The molecule has 18 heavy (non-hydrogen) atoms. The molecule has 0 atom stereocenters. The first-order chi connectivity index (χ1) is 8.43. The monoisotopic (exact) mass is 281 g/mol. The Labute approximate surface area is 116 Å². The summed E-state index contributed by atoms with van der Waals surface area (Å²) in [7, 11) is 0. The summed E-state index contributed by atoms with van der Waals surface area (Å²) in [6, 6.07) is 5.07. The minimum atomic E-state index is -0.129. The Morgan fingerprint density at radius 3 is 2.33 bits per heavy atom. The van der Waals surface area contributed by atoms with Gasteiger partial charge in [-0.3, -0.25) is 4.79 Å². The van der Waals surface area contributed by atoms with Gasteiger partial charge in [-0.2, -0.15) is 0 Å². The maximum Gasteiger partial charge on any atom is 0.211 e. The topological polar surface area (TPSA) is 32.9 Å². The Bertz CT molecular complexity index is 629. The molecule has 0 aliphatic carbocycles. The first-order valence-electron chi connectivity index (χ1n) is 5.58. The van der Waals surface area contributed by atoms with Crippen LogP contribution in [0.25, 0.3) is 0 Å². The van der Waals surface area contributed by atoms with Crippen LogP contribution < -0.4 is 0 Å². The predicted octanol–water partition coefficient (Wildman–Crippen LogP) is 4.48. The van der Waals surface area contributed by atoms with Crippen LogP contribution in [0.4, 0.5) is 0 Å². The van der Waals surface area contributed by atoms with Crippen LogP contribution in [0.1, 0.15) is 32.9 Å². The maximum atomic E-state index is 12.4. The second kappa shape index (κ2) is 4.79. The molecule has 0 bridgehead atoms. The molecule has 1 heterocycles. The smallest absolute Gasteiger partial charge is 0.211 e. The van der Waals surface area contributed by atoms with Crippen molar-refractivity contribution in [3.8, 4) is 0 Å². The highest BCUT2D eigenvalue weighted by molar-refractivity contribution is 6.44. The van der Waals surface area contributed by atoms with Gasteiger partial charge in [0.05, 0.1) is 15.7 Å². The summed E-state index contributed by atoms with van der Waals surface area (Å²) in [6.07, 6.45) is 0. The van der Waals surface area contributed by atoms with E-state index < -0.39 is 0 Å². The lowest BCUT2D eigenvalue weighted by Gasteiger charge is -2.04. The molecule has 0 radical (unpaired) electrons. The van der Waals surface area contributed by atoms with Crippen molar-refractivity contribution in [2.75, 3.05) is 0 Å². The zero-order valence-electron chi connectivity index (χ0n) is 10.4. The van der Waals surface area contributed by atoms with Crippen LogP contribution in [0.3, 0.4) is 0 Å². The number of aromatic nitrogens is 1. The first-order valence-corrected chi connectivity index (χ1v) is 6.33. The quantitative estimate of drug-likeness (QED) is 0.809. The Morgan fingerprint density at radius 1 is 1.11 bits per heavy atom. The molecule has 0 spiro atoms. The van der Waals surface area contributed by atoms with E-state index in [9.17, 15) is 4.79 Å². The van der Waals surface area contributed by atoms with Crippen molar-refractivity contribution in [2.45, 2.75) is 20.8 Å². The van der Waals surface area contributed by atoms with Gasteiger partial charge in [0.1, 0.15) is 0 Å². The van der Waals surface area contributed by atoms with E-state index in [0.717, 1.165) is 16.8 Å². The van der Waals surface area contributed by atoms with Gasteiger partial charge >= 0.3 is 0 Å². The number of carbonyl (C=O) groups is 1. The average molecular weight is 282 g/mol. The summed E-state index contributed by atoms with van der Waals surface area (Å²) < 4.78 is 0. The first kappa shape index (κ1) is 13.2. The fourth-order valence-electron chi connectivity index (χ4n) is 1.88. The molecule has 0 unspecified atom stereocenters. The molecular weight excluding hydrogens is 269 g/mol. The highest BCUT2D eigenvalue weighted by atomic mass is 35.5. The van der Waals surface area contributed by atoms with E-state index in [1.165, 1.54) is 0 Å². The van der Waals surface area contributed by atoms with Gasteiger partial charge in [0.25, 0.3) is 0 Å². The molecule has 4 heteroatoms. The largest absolute Gasteiger partial charge is 0.356 e. The summed E-state index contributed by atoms with van der Waals surface area (Å²) in [5, 5.41) is 0.689. The van der Waals surface area contributed by atoms with Gasteiger partial charge in [-0.1, -0.05) is 29.3 Å². The third-order valence-electron chi connectivity index (χ3n) is 3.24. The van der Waals surface area contributed by atoms with E-state index in [1.54, 1.807) is 18.2 Å². The molecule has 0 fully saturated rings. The second-order valence-electron chi connectivity index (χ2n) is 4.31. The van der Waals surface area contributed by atoms with E-state index in [-0.39, 0.29) is 5.78 Å². The third kappa shape index (κ3) is 2.06. The van der Waals surface area contributed by atoms with Gasteiger partial charge in [0.15, 0.2) is 0 Å². The Balaban J connectivity index is 2.55. The van der Waals surface area contributed by atoms with Crippen molar-refractivity contribution in [1.82, 2.24) is 4.98 Å². The molecule has 2 rings (SSSR count). The summed E-state index contributed by atoms with van der Waals surface area (Å²) in [6.45, 7) is 5.85. The SMILES string of the molecule is Cc1[nH]c(C(=O)c2cccc(Cl)c2Cl)c(C)c1C. The normalized spacial score (nSPS) is 10.7. The summed E-state index contributed by atoms with van der Waals surface area (Å²) in [5.74, 6) is -0.129. The average Bonchev–Trinajstić information content (AvgIpc) is 2.60. The fourth-order valence-corrected chi connectivity index (χ4v) is 2.27. The van der Waals surface area contributed by atoms with Gasteiger partial charge < -0.3 is 4.98 Å². The van der Waals surface area contributed by atoms with Crippen molar-refractivity contribution in [1.29, 1.82) is 0 Å². The van der Waals surface area contributed by atoms with Crippen LogP contribution >= 0.6 is 23.2 Å². The highest BCUT2D eigenvalue weighted by Gasteiger charge is 2.19. The molecule has 0 amide bonds. The van der Waals surface area contributed by atoms with Crippen molar-refractivity contribution >= 4 is 29.0 Å². The van der Waals surface area contributed by atoms with E-state index in [1.807, 2.05) is 20.8 Å². The number of benzene rings is 1. The van der Waals surface area contributed by atoms with Crippen molar-refractivity contribution in [2.24, 2.45) is 0 Å². The molecule has 94 valence electrons. The van der Waals surface area contributed by atoms with Gasteiger partial charge in [-0.15, -0.1) is 0 Å². The van der Waals surface area contributed by atoms with Crippen LogP contribution in [0.2, 0.25) is 10.0 Å². The van der Waals surface area contributed by atoms with Crippen molar-refractivity contribution < 1.29 is 4.79 Å². The number of hydrogen-bond acceptors (Lipinski definition) is 1. The molecule has 0 saturated heterocycles. The third-order valence-corrected chi connectivity index (χ3v) is 4.05. The van der Waals surface area contributed by atoms with Gasteiger partial charge in [-0.25, -0.2) is 0 Å². The number of aryl methyl sites for hydroxylation is 1. The number of aromatic amines is 1. The minimum Gasteiger partial charge on any atom is -0.356 e. The fraction of sp³-hybridized carbons (Fsp3) is 0.214. The van der Waals surface area contributed by atoms with Gasteiger partial charge in [0, 0.05) is 11.3 Å². The van der Waals surface area contributed by atoms with E-state index in [4.69, 9.17) is 23.2 Å². The molecular formula is C14H13Cl2NO. The number of rotatable bonds is 2. The van der Waals surface area contributed by atoms with E-state index >= 15 is 0 Å². The van der Waals surface area contributed by atoms with Crippen LogP contribution in [0, 0.1) is 20.8 Å². The lowest BCUT2D eigenvalue weighted by Crippen LogP contribution is -2.04. The second-order valence-corrected chi connectivity index (χ2v) is 5.09. The Morgan fingerprint density at radius 2 is 1.78 bits per heavy atom. The number of H-pyrrole nitrogens is 1. The predicted molar refractivity (Wildman–Crippen MR) is 74.9 cm³/mol. The molecule has 2 aromatic rings. The van der Waals surface area contributed by atoms with Crippen molar-refractivity contribution in [3.63, 3.8) is 0 Å². The lowest BCUT2D eigenvalue weighted by atomic mass is 10.0. The summed E-state index contributed by atoms with van der Waals surface area (Å²) in [5.41, 5.74) is 4.04. The van der Waals surface area contributed by atoms with Crippen LogP contribution in [-0.2, 0) is 0 Å². The number of hydrogen-bond donors (Lipinski definition) is 1.